The second kappa shape index (κ2) is 6.29. The first kappa shape index (κ1) is 19.4. The molecular weight excluding hydrogens is 381 g/mol. The molecule has 0 saturated carbocycles. The molecule has 0 bridgehead atoms. The topological polar surface area (TPSA) is 83.1 Å². The van der Waals surface area contributed by atoms with Crippen molar-refractivity contribution in [2.75, 3.05) is 17.3 Å². The van der Waals surface area contributed by atoms with Gasteiger partial charge in [0.15, 0.2) is 0 Å². The molecule has 0 aliphatic carbocycles. The van der Waals surface area contributed by atoms with Crippen molar-refractivity contribution in [1.82, 2.24) is 4.90 Å². The Hall–Kier alpha value is -1.93. The van der Waals surface area contributed by atoms with E-state index < -0.39 is 28.7 Å². The van der Waals surface area contributed by atoms with Gasteiger partial charge in [-0.25, -0.2) is 4.39 Å². The quantitative estimate of drug-likeness (QED) is 0.736. The smallest absolute Gasteiger partial charge is 0.291 e. The molecule has 4 rings (SSSR count). The minimum atomic E-state index is -1.29. The van der Waals surface area contributed by atoms with Crippen molar-refractivity contribution >= 4 is 35.2 Å². The highest BCUT2D eigenvalue weighted by molar-refractivity contribution is 7.98. The molecule has 3 aliphatic heterocycles. The second-order valence-corrected chi connectivity index (χ2v) is 9.80. The van der Waals surface area contributed by atoms with Gasteiger partial charge in [-0.3, -0.25) is 19.3 Å². The Balaban J connectivity index is 1.89. The summed E-state index contributed by atoms with van der Waals surface area (Å²) in [6, 6.07) is 3.94. The number of hydrogen-bond acceptors (Lipinski definition) is 4. The summed E-state index contributed by atoms with van der Waals surface area (Å²) in [4.78, 5) is 41.3. The van der Waals surface area contributed by atoms with Crippen molar-refractivity contribution in [3.05, 3.63) is 29.6 Å². The average Bonchev–Trinajstić information content (AvgIpc) is 3.18. The molecule has 3 amide bonds. The molecule has 3 N–H and O–H groups in total. The van der Waals surface area contributed by atoms with Gasteiger partial charge in [-0.15, -0.1) is 0 Å². The second-order valence-electron chi connectivity index (χ2n) is 8.81. The van der Waals surface area contributed by atoms with E-state index in [9.17, 15) is 18.8 Å². The summed E-state index contributed by atoms with van der Waals surface area (Å²) in [6.45, 7) is 5.46. The lowest BCUT2D eigenvalue weighted by Crippen LogP contribution is -2.99. The van der Waals surface area contributed by atoms with E-state index in [4.69, 9.17) is 0 Å². The highest BCUT2D eigenvalue weighted by Gasteiger charge is 2.74. The van der Waals surface area contributed by atoms with Gasteiger partial charge >= 0.3 is 0 Å². The largest absolute Gasteiger partial charge is 0.326 e. The van der Waals surface area contributed by atoms with E-state index in [2.05, 4.69) is 5.32 Å². The molecule has 28 heavy (non-hydrogen) atoms. The summed E-state index contributed by atoms with van der Waals surface area (Å²) in [5.74, 6) is -1.96. The molecule has 0 aromatic heterocycles. The first-order valence-electron chi connectivity index (χ1n) is 9.47. The van der Waals surface area contributed by atoms with Gasteiger partial charge < -0.3 is 10.6 Å². The van der Waals surface area contributed by atoms with Crippen molar-refractivity contribution < 1.29 is 24.1 Å². The molecular formula is C20H25FN3O3S+. The number of likely N-dealkylation sites (tertiary alicyclic amines) is 1. The van der Waals surface area contributed by atoms with E-state index >= 15 is 0 Å². The number of benzene rings is 1. The van der Waals surface area contributed by atoms with Crippen LogP contribution in [0.1, 0.15) is 32.8 Å². The third-order valence-corrected chi connectivity index (χ3v) is 6.80. The number of nitrogens with one attached hydrogen (secondary N) is 1. The molecule has 1 spiro atoms. The maximum atomic E-state index is 14.1. The van der Waals surface area contributed by atoms with Crippen LogP contribution in [-0.4, -0.2) is 46.2 Å². The Bertz CT molecular complexity index is 884. The summed E-state index contributed by atoms with van der Waals surface area (Å²) in [7, 11) is 0. The molecule has 8 heteroatoms. The van der Waals surface area contributed by atoms with Crippen LogP contribution in [-0.2, 0) is 19.9 Å². The number of nitrogens with two attached hydrogens (primary N) is 1. The van der Waals surface area contributed by atoms with E-state index in [1.807, 2.05) is 32.3 Å². The summed E-state index contributed by atoms with van der Waals surface area (Å²) in [6.07, 6.45) is 2.68. The van der Waals surface area contributed by atoms with Crippen molar-refractivity contribution in [3.63, 3.8) is 0 Å². The number of thioether (sulfide) groups is 1. The molecule has 4 atom stereocenters. The zero-order chi connectivity index (χ0) is 20.4. The summed E-state index contributed by atoms with van der Waals surface area (Å²) < 4.78 is 14.1. The number of anilines is 1. The predicted octanol–water partition coefficient (Wildman–Crippen LogP) is 1.07. The van der Waals surface area contributed by atoms with Crippen molar-refractivity contribution in [2.24, 2.45) is 11.8 Å². The van der Waals surface area contributed by atoms with Crippen molar-refractivity contribution in [2.45, 2.75) is 44.3 Å². The summed E-state index contributed by atoms with van der Waals surface area (Å²) in [5, 5.41) is 4.67. The lowest BCUT2D eigenvalue weighted by molar-refractivity contribution is -0.733. The van der Waals surface area contributed by atoms with Crippen LogP contribution in [0.2, 0.25) is 0 Å². The summed E-state index contributed by atoms with van der Waals surface area (Å²) >= 11 is 1.66. The number of imide groups is 1. The maximum Gasteiger partial charge on any atom is 0.291 e. The van der Waals surface area contributed by atoms with E-state index in [0.717, 1.165) is 5.75 Å². The van der Waals surface area contributed by atoms with E-state index in [1.54, 1.807) is 11.8 Å². The molecule has 1 aromatic rings. The number of rotatable bonds is 3. The number of nitrogens with zero attached hydrogens (tertiary/aromatic N) is 1. The fraction of sp³-hybridized carbons (Fsp3) is 0.550. The van der Waals surface area contributed by atoms with Gasteiger partial charge in [-0.2, -0.15) is 11.8 Å². The SMILES string of the molecule is CSCC[C@@H]1[NH2+][C@]2(C(=O)Nc3ccc(F)cc32)[C@H]2C(=O)N(C(C)(C)C)C(=O)[C@H]12. The fourth-order valence-corrected chi connectivity index (χ4v) is 5.62. The maximum absolute atomic E-state index is 14.1. The molecule has 2 fully saturated rings. The lowest BCUT2D eigenvalue weighted by Gasteiger charge is -2.33. The van der Waals surface area contributed by atoms with E-state index in [-0.39, 0.29) is 23.8 Å². The van der Waals surface area contributed by atoms with Crippen LogP contribution in [0.5, 0.6) is 0 Å². The molecule has 150 valence electrons. The Labute approximate surface area is 167 Å². The molecule has 6 nitrogen and oxygen atoms in total. The Morgan fingerprint density at radius 1 is 1.25 bits per heavy atom. The van der Waals surface area contributed by atoms with E-state index in [0.29, 0.717) is 17.7 Å². The van der Waals surface area contributed by atoms with Crippen LogP contribution < -0.4 is 10.6 Å². The zero-order valence-electron chi connectivity index (χ0n) is 16.4. The van der Waals surface area contributed by atoms with Gasteiger partial charge in [-0.1, -0.05) is 0 Å². The summed E-state index contributed by atoms with van der Waals surface area (Å²) in [5.41, 5.74) is -0.987. The molecule has 0 radical (unpaired) electrons. The number of quaternary nitrogens is 1. The molecule has 2 saturated heterocycles. The first-order chi connectivity index (χ1) is 13.1. The third kappa shape index (κ3) is 2.47. The minimum Gasteiger partial charge on any atom is -0.326 e. The van der Waals surface area contributed by atoms with Gasteiger partial charge in [0.25, 0.3) is 5.91 Å². The normalized spacial score (nSPS) is 31.5. The predicted molar refractivity (Wildman–Crippen MR) is 104 cm³/mol. The van der Waals surface area contributed by atoms with Gasteiger partial charge in [0.05, 0.1) is 5.69 Å². The molecule has 0 unspecified atom stereocenters. The Morgan fingerprint density at radius 3 is 2.61 bits per heavy atom. The van der Waals surface area contributed by atoms with Gasteiger partial charge in [-0.05, 0) is 51.0 Å². The van der Waals surface area contributed by atoms with Crippen molar-refractivity contribution in [3.8, 4) is 0 Å². The molecule has 3 heterocycles. The fourth-order valence-electron chi connectivity index (χ4n) is 5.11. The highest BCUT2D eigenvalue weighted by Crippen LogP contribution is 2.50. The third-order valence-electron chi connectivity index (χ3n) is 6.16. The van der Waals surface area contributed by atoms with E-state index in [1.165, 1.54) is 23.1 Å². The minimum absolute atomic E-state index is 0.207. The van der Waals surface area contributed by atoms with Gasteiger partial charge in [0.2, 0.25) is 17.4 Å². The number of carbonyl (C=O) groups is 3. The standard InChI is InChI=1S/C20H24FN3O3S/c1-19(2,3)24-16(25)14-13(7-8-28-4)23-20(15(14)17(24)26)11-9-10(21)5-6-12(11)22-18(20)27/h5-6,9,13-15,23H,7-8H2,1-4H3,(H,22,27)/p+1/t13-,14+,15+,20-/m0/s1. The average molecular weight is 407 g/mol. The number of amides is 3. The van der Waals surface area contributed by atoms with Crippen LogP contribution in [0.3, 0.4) is 0 Å². The first-order valence-corrected chi connectivity index (χ1v) is 10.9. The van der Waals surface area contributed by atoms with Crippen LogP contribution in [0, 0.1) is 17.7 Å². The Morgan fingerprint density at radius 2 is 1.96 bits per heavy atom. The molecule has 1 aromatic carbocycles. The van der Waals surface area contributed by atoms with Crippen molar-refractivity contribution in [1.29, 1.82) is 0 Å². The Kier molecular flexibility index (Phi) is 4.35. The van der Waals surface area contributed by atoms with Crippen LogP contribution >= 0.6 is 11.8 Å². The van der Waals surface area contributed by atoms with Gasteiger partial charge in [0.1, 0.15) is 23.7 Å². The molecule has 3 aliphatic rings. The van der Waals surface area contributed by atoms with Crippen LogP contribution in [0.15, 0.2) is 18.2 Å². The number of carbonyl (C=O) groups excluding carboxylic acids is 3. The highest BCUT2D eigenvalue weighted by atomic mass is 32.2. The zero-order valence-corrected chi connectivity index (χ0v) is 17.2. The number of hydrogen-bond donors (Lipinski definition) is 2. The van der Waals surface area contributed by atoms with Crippen LogP contribution in [0.4, 0.5) is 10.1 Å². The van der Waals surface area contributed by atoms with Gasteiger partial charge in [0, 0.05) is 17.5 Å². The lowest BCUT2D eigenvalue weighted by atomic mass is 9.76. The van der Waals surface area contributed by atoms with Crippen LogP contribution in [0.25, 0.3) is 0 Å². The number of fused-ring (bicyclic) bond motifs is 4. The monoisotopic (exact) mass is 406 g/mol. The number of halogens is 1.